The van der Waals surface area contributed by atoms with Gasteiger partial charge in [0.1, 0.15) is 5.69 Å². The van der Waals surface area contributed by atoms with Crippen molar-refractivity contribution in [3.05, 3.63) is 45.5 Å². The summed E-state index contributed by atoms with van der Waals surface area (Å²) >= 11 is 0. The van der Waals surface area contributed by atoms with Gasteiger partial charge in [-0.1, -0.05) is 6.07 Å². The van der Waals surface area contributed by atoms with Crippen LogP contribution < -0.4 is 19.9 Å². The highest BCUT2D eigenvalue weighted by Gasteiger charge is 2.37. The summed E-state index contributed by atoms with van der Waals surface area (Å²) in [6.45, 7) is 0.0656. The van der Waals surface area contributed by atoms with Gasteiger partial charge < -0.3 is 19.2 Å². The third-order valence-electron chi connectivity index (χ3n) is 3.29. The van der Waals surface area contributed by atoms with Gasteiger partial charge >= 0.3 is 11.9 Å². The van der Waals surface area contributed by atoms with Crippen molar-refractivity contribution in [3.63, 3.8) is 0 Å². The van der Waals surface area contributed by atoms with Crippen molar-refractivity contribution in [2.45, 2.75) is 12.6 Å². The monoisotopic (exact) mass is 328 g/mol. The van der Waals surface area contributed by atoms with Crippen LogP contribution in [-0.4, -0.2) is 23.9 Å². The molecule has 3 rings (SSSR count). The molecule has 0 radical (unpaired) electrons. The predicted octanol–water partition coefficient (Wildman–Crippen LogP) is 2.12. The molecular formula is C14H11F3N2O4. The lowest BCUT2D eigenvalue weighted by Gasteiger charge is -2.14. The number of hydrogen-bond donors (Lipinski definition) is 1. The van der Waals surface area contributed by atoms with E-state index in [1.165, 1.54) is 0 Å². The Morgan fingerprint density at radius 2 is 2.04 bits per heavy atom. The number of alkyl halides is 3. The van der Waals surface area contributed by atoms with Crippen LogP contribution in [-0.2, 0) is 12.6 Å². The highest BCUT2D eigenvalue weighted by atomic mass is 19.4. The van der Waals surface area contributed by atoms with E-state index in [0.29, 0.717) is 17.1 Å². The largest absolute Gasteiger partial charge is 0.481 e. The molecular weight excluding hydrogens is 317 g/mol. The quantitative estimate of drug-likeness (QED) is 0.934. The molecule has 1 aliphatic heterocycles. The van der Waals surface area contributed by atoms with Gasteiger partial charge in [0.2, 0.25) is 12.7 Å². The Morgan fingerprint density at radius 3 is 2.74 bits per heavy atom. The van der Waals surface area contributed by atoms with Gasteiger partial charge in [-0.2, -0.15) is 18.2 Å². The fourth-order valence-electron chi connectivity index (χ4n) is 2.31. The second-order valence-electron chi connectivity index (χ2n) is 4.77. The van der Waals surface area contributed by atoms with Crippen molar-refractivity contribution in [1.29, 1.82) is 0 Å². The molecule has 122 valence electrons. The Balaban J connectivity index is 2.06. The first kappa shape index (κ1) is 15.2. The molecule has 1 N–H and O–H groups in total. The minimum atomic E-state index is -4.74. The zero-order valence-electron chi connectivity index (χ0n) is 11.9. The van der Waals surface area contributed by atoms with E-state index >= 15 is 0 Å². The Kier molecular flexibility index (Phi) is 3.63. The normalized spacial score (nSPS) is 13.2. The maximum atomic E-state index is 13.2. The molecule has 0 saturated carbocycles. The van der Waals surface area contributed by atoms with Crippen LogP contribution >= 0.6 is 0 Å². The minimum Gasteiger partial charge on any atom is -0.481 e. The van der Waals surface area contributed by atoms with Gasteiger partial charge in [-0.3, -0.25) is 0 Å². The summed E-state index contributed by atoms with van der Waals surface area (Å²) < 4.78 is 54.7. The fraction of sp³-hybridized carbons (Fsp3) is 0.286. The van der Waals surface area contributed by atoms with Crippen molar-refractivity contribution in [2.75, 3.05) is 13.9 Å². The van der Waals surface area contributed by atoms with Crippen LogP contribution in [0.5, 0.6) is 17.4 Å². The number of hydrogen-bond acceptors (Lipinski definition) is 5. The lowest BCUT2D eigenvalue weighted by atomic mass is 10.0. The number of nitrogens with one attached hydrogen (secondary N) is 1. The van der Waals surface area contributed by atoms with Crippen molar-refractivity contribution in [1.82, 2.24) is 9.97 Å². The zero-order chi connectivity index (χ0) is 16.6. The molecule has 0 bridgehead atoms. The van der Waals surface area contributed by atoms with Crippen LogP contribution in [0.2, 0.25) is 0 Å². The maximum absolute atomic E-state index is 13.2. The fourth-order valence-corrected chi connectivity index (χ4v) is 2.31. The van der Waals surface area contributed by atoms with Crippen molar-refractivity contribution in [3.8, 4) is 17.4 Å². The highest BCUT2D eigenvalue weighted by molar-refractivity contribution is 5.47. The summed E-state index contributed by atoms with van der Waals surface area (Å²) in [6, 6.07) is 4.79. The van der Waals surface area contributed by atoms with Gasteiger partial charge in [-0.05, 0) is 17.7 Å². The molecule has 0 aliphatic carbocycles. The second kappa shape index (κ2) is 5.49. The Labute approximate surface area is 127 Å². The summed E-state index contributed by atoms with van der Waals surface area (Å²) in [6.07, 6.45) is -4.88. The number of benzene rings is 1. The number of methoxy groups -OCH3 is 1. The van der Waals surface area contributed by atoms with Crippen LogP contribution in [0.4, 0.5) is 13.2 Å². The molecule has 2 aromatic rings. The van der Waals surface area contributed by atoms with E-state index in [0.717, 1.165) is 7.11 Å². The molecule has 0 spiro atoms. The molecule has 0 fully saturated rings. The average molecular weight is 328 g/mol. The van der Waals surface area contributed by atoms with Crippen LogP contribution in [0.15, 0.2) is 23.0 Å². The molecule has 0 unspecified atom stereocenters. The van der Waals surface area contributed by atoms with Gasteiger partial charge in [-0.15, -0.1) is 0 Å². The zero-order valence-corrected chi connectivity index (χ0v) is 11.9. The van der Waals surface area contributed by atoms with E-state index in [2.05, 4.69) is 4.98 Å². The number of aromatic nitrogens is 2. The first-order chi connectivity index (χ1) is 10.9. The Morgan fingerprint density at radius 1 is 1.30 bits per heavy atom. The van der Waals surface area contributed by atoms with Crippen LogP contribution in [0.3, 0.4) is 0 Å². The number of fused-ring (bicyclic) bond motifs is 1. The van der Waals surface area contributed by atoms with Crippen LogP contribution in [0, 0.1) is 0 Å². The van der Waals surface area contributed by atoms with Crippen molar-refractivity contribution >= 4 is 0 Å². The summed E-state index contributed by atoms with van der Waals surface area (Å²) in [5.74, 6) is 0.613. The number of aromatic amines is 1. The van der Waals surface area contributed by atoms with Gasteiger partial charge in [0.15, 0.2) is 11.5 Å². The molecule has 1 aliphatic rings. The predicted molar refractivity (Wildman–Crippen MR) is 71.8 cm³/mol. The first-order valence-corrected chi connectivity index (χ1v) is 6.51. The van der Waals surface area contributed by atoms with Gasteiger partial charge in [0, 0.05) is 12.0 Å². The van der Waals surface area contributed by atoms with Crippen LogP contribution in [0.25, 0.3) is 0 Å². The molecule has 23 heavy (non-hydrogen) atoms. The second-order valence-corrected chi connectivity index (χ2v) is 4.77. The van der Waals surface area contributed by atoms with Crippen molar-refractivity contribution < 1.29 is 27.4 Å². The summed E-state index contributed by atoms with van der Waals surface area (Å²) in [5, 5.41) is 0. The molecule has 2 heterocycles. The minimum absolute atomic E-state index is 0.0656. The highest BCUT2D eigenvalue weighted by Crippen LogP contribution is 2.36. The molecule has 0 atom stereocenters. The smallest absolute Gasteiger partial charge is 0.431 e. The van der Waals surface area contributed by atoms with E-state index in [1.807, 2.05) is 0 Å². The summed E-state index contributed by atoms with van der Waals surface area (Å²) in [4.78, 5) is 16.5. The van der Waals surface area contributed by atoms with E-state index < -0.39 is 17.6 Å². The number of H-pyrrole nitrogens is 1. The van der Waals surface area contributed by atoms with Crippen LogP contribution in [0.1, 0.15) is 16.8 Å². The summed E-state index contributed by atoms with van der Waals surface area (Å²) in [7, 11) is 1.16. The SMILES string of the molecule is COc1nc(=O)[nH]c(C(F)(F)F)c1Cc1ccc2c(c1)OCO2. The molecule has 0 amide bonds. The Hall–Kier alpha value is -2.71. The van der Waals surface area contributed by atoms with E-state index in [1.54, 1.807) is 23.2 Å². The first-order valence-electron chi connectivity index (χ1n) is 6.51. The third-order valence-corrected chi connectivity index (χ3v) is 3.29. The molecule has 1 aromatic heterocycles. The molecule has 1 aromatic carbocycles. The lowest BCUT2D eigenvalue weighted by molar-refractivity contribution is -0.142. The standard InChI is InChI=1S/C14H11F3N2O4/c1-21-12-8(11(14(15,16)17)18-13(20)19-12)4-7-2-3-9-10(5-7)23-6-22-9/h2-3,5H,4,6H2,1H3,(H,18,19,20). The van der Waals surface area contributed by atoms with E-state index in [9.17, 15) is 18.0 Å². The number of ether oxygens (including phenoxy) is 3. The number of halogens is 3. The van der Waals surface area contributed by atoms with Gasteiger partial charge in [0.25, 0.3) is 0 Å². The van der Waals surface area contributed by atoms with E-state index in [-0.39, 0.29) is 24.7 Å². The molecule has 6 nitrogen and oxygen atoms in total. The van der Waals surface area contributed by atoms with Crippen molar-refractivity contribution in [2.24, 2.45) is 0 Å². The van der Waals surface area contributed by atoms with E-state index in [4.69, 9.17) is 14.2 Å². The number of rotatable bonds is 3. The lowest BCUT2D eigenvalue weighted by Crippen LogP contribution is -2.23. The average Bonchev–Trinajstić information content (AvgIpc) is 2.95. The van der Waals surface area contributed by atoms with Gasteiger partial charge in [-0.25, -0.2) is 4.79 Å². The topological polar surface area (TPSA) is 73.4 Å². The molecule has 0 saturated heterocycles. The Bertz CT molecular complexity index is 802. The maximum Gasteiger partial charge on any atom is 0.431 e. The third kappa shape index (κ3) is 2.94. The number of nitrogens with zero attached hydrogens (tertiary/aromatic N) is 1. The van der Waals surface area contributed by atoms with Gasteiger partial charge in [0.05, 0.1) is 7.11 Å². The molecule has 9 heteroatoms. The summed E-state index contributed by atoms with van der Waals surface area (Å²) in [5.41, 5.74) is -2.01.